The zero-order chi connectivity index (χ0) is 14.1. The number of aromatic nitrogens is 1. The number of aliphatic hydroxyl groups excluding tert-OH is 1. The zero-order valence-electron chi connectivity index (χ0n) is 10.7. The molecule has 0 radical (unpaired) electrons. The number of rotatable bonds is 8. The van der Waals surface area contributed by atoms with Crippen LogP contribution in [0.2, 0.25) is 0 Å². The fourth-order valence-corrected chi connectivity index (χ4v) is 1.32. The molecule has 0 spiro atoms. The average molecular weight is 270 g/mol. The molecule has 3 N–H and O–H groups in total. The third kappa shape index (κ3) is 6.14. The van der Waals surface area contributed by atoms with E-state index in [0.717, 1.165) is 0 Å². The van der Waals surface area contributed by atoms with E-state index in [1.54, 1.807) is 6.07 Å². The first kappa shape index (κ1) is 15.4. The van der Waals surface area contributed by atoms with Gasteiger partial charge < -0.3 is 25.0 Å². The minimum atomic E-state index is -1.61. The number of nitrogens with one attached hydrogen (secondary N) is 1. The predicted molar refractivity (Wildman–Crippen MR) is 66.4 cm³/mol. The number of aliphatic hydroxyl groups is 2. The minimum Gasteiger partial charge on any atom is -0.492 e. The summed E-state index contributed by atoms with van der Waals surface area (Å²) in [6, 6.07) is 3.08. The van der Waals surface area contributed by atoms with Gasteiger partial charge in [0, 0.05) is 25.4 Å². The van der Waals surface area contributed by atoms with Gasteiger partial charge in [-0.3, -0.25) is 9.78 Å². The van der Waals surface area contributed by atoms with Gasteiger partial charge in [0.2, 0.25) is 0 Å². The molecule has 0 aromatic carbocycles. The molecule has 1 aromatic heterocycles. The van der Waals surface area contributed by atoms with Gasteiger partial charge >= 0.3 is 5.97 Å². The van der Waals surface area contributed by atoms with Crippen molar-refractivity contribution in [2.45, 2.75) is 12.7 Å². The summed E-state index contributed by atoms with van der Waals surface area (Å²) in [6.45, 7) is 1.48. The molecule has 0 saturated heterocycles. The Balaban J connectivity index is 2.19. The molecule has 0 aliphatic rings. The highest BCUT2D eigenvalue weighted by Crippen LogP contribution is 2.14. The molecule has 0 aliphatic heterocycles. The van der Waals surface area contributed by atoms with Crippen molar-refractivity contribution < 1.29 is 24.5 Å². The highest BCUT2D eigenvalue weighted by molar-refractivity contribution is 5.69. The largest absolute Gasteiger partial charge is 0.492 e. The number of carbonyl (C=O) groups is 1. The molecule has 0 unspecified atom stereocenters. The van der Waals surface area contributed by atoms with E-state index in [2.05, 4.69) is 15.0 Å². The van der Waals surface area contributed by atoms with Gasteiger partial charge in [-0.2, -0.15) is 0 Å². The van der Waals surface area contributed by atoms with Crippen molar-refractivity contribution in [1.29, 1.82) is 0 Å². The lowest BCUT2D eigenvalue weighted by molar-refractivity contribution is -0.140. The van der Waals surface area contributed by atoms with Crippen LogP contribution in [0, 0.1) is 0 Å². The van der Waals surface area contributed by atoms with Crippen LogP contribution in [0.3, 0.4) is 0 Å². The second-order valence-electron chi connectivity index (χ2n) is 3.71. The molecule has 1 aromatic rings. The smallest absolute Gasteiger partial charge is 0.306 e. The van der Waals surface area contributed by atoms with Gasteiger partial charge in [0.25, 0.3) is 0 Å². The maximum atomic E-state index is 10.8. The fraction of sp³-hybridized carbons (Fsp3) is 0.500. The van der Waals surface area contributed by atoms with Crippen molar-refractivity contribution in [1.82, 2.24) is 10.3 Å². The summed E-state index contributed by atoms with van der Waals surface area (Å²) in [5.41, 5.74) is 0.135. The van der Waals surface area contributed by atoms with E-state index in [9.17, 15) is 4.79 Å². The number of carbonyl (C=O) groups excluding carboxylic acids is 1. The number of esters is 1. The fourth-order valence-electron chi connectivity index (χ4n) is 1.32. The molecule has 1 rings (SSSR count). The Morgan fingerprint density at radius 1 is 1.47 bits per heavy atom. The van der Waals surface area contributed by atoms with Crippen LogP contribution in [0.15, 0.2) is 18.3 Å². The molecule has 0 saturated carbocycles. The van der Waals surface area contributed by atoms with Crippen molar-refractivity contribution in [2.75, 3.05) is 26.8 Å². The van der Waals surface area contributed by atoms with Gasteiger partial charge in [-0.25, -0.2) is 0 Å². The van der Waals surface area contributed by atoms with Crippen molar-refractivity contribution >= 4 is 5.97 Å². The van der Waals surface area contributed by atoms with E-state index < -0.39 is 6.29 Å². The molecule has 106 valence electrons. The first-order chi connectivity index (χ1) is 9.13. The van der Waals surface area contributed by atoms with Gasteiger partial charge in [-0.05, 0) is 6.07 Å². The summed E-state index contributed by atoms with van der Waals surface area (Å²) in [7, 11) is 1.35. The third-order valence-corrected chi connectivity index (χ3v) is 2.30. The number of methoxy groups -OCH3 is 1. The minimum absolute atomic E-state index is 0.135. The van der Waals surface area contributed by atoms with Crippen LogP contribution < -0.4 is 10.1 Å². The summed E-state index contributed by atoms with van der Waals surface area (Å²) >= 11 is 0. The molecule has 1 heterocycles. The predicted octanol–water partition coefficient (Wildman–Crippen LogP) is -0.404. The molecule has 0 fully saturated rings. The monoisotopic (exact) mass is 270 g/mol. The number of ether oxygens (including phenoxy) is 2. The Bertz CT molecular complexity index is 397. The van der Waals surface area contributed by atoms with Gasteiger partial charge in [0.1, 0.15) is 12.4 Å². The molecule has 7 heteroatoms. The Labute approximate surface area is 111 Å². The van der Waals surface area contributed by atoms with Crippen LogP contribution in [0.4, 0.5) is 0 Å². The Morgan fingerprint density at radius 3 is 2.95 bits per heavy atom. The highest BCUT2D eigenvalue weighted by atomic mass is 16.5. The summed E-state index contributed by atoms with van der Waals surface area (Å²) in [5, 5.41) is 20.9. The van der Waals surface area contributed by atoms with Crippen molar-refractivity contribution in [2.24, 2.45) is 0 Å². The first-order valence-electron chi connectivity index (χ1n) is 5.86. The van der Waals surface area contributed by atoms with Crippen LogP contribution in [-0.4, -0.2) is 48.0 Å². The Hall–Kier alpha value is -1.70. The van der Waals surface area contributed by atoms with Gasteiger partial charge in [-0.15, -0.1) is 0 Å². The molecule has 0 bridgehead atoms. The second kappa shape index (κ2) is 8.41. The van der Waals surface area contributed by atoms with Crippen molar-refractivity contribution in [3.63, 3.8) is 0 Å². The number of hydrogen-bond donors (Lipinski definition) is 3. The topological polar surface area (TPSA) is 101 Å². The van der Waals surface area contributed by atoms with Gasteiger partial charge in [-0.1, -0.05) is 0 Å². The van der Waals surface area contributed by atoms with E-state index in [-0.39, 0.29) is 11.7 Å². The van der Waals surface area contributed by atoms with Gasteiger partial charge in [0.05, 0.1) is 19.2 Å². The first-order valence-corrected chi connectivity index (χ1v) is 5.86. The summed E-state index contributed by atoms with van der Waals surface area (Å²) in [4.78, 5) is 14.6. The molecule has 19 heavy (non-hydrogen) atoms. The highest BCUT2D eigenvalue weighted by Gasteiger charge is 2.05. The molecule has 7 nitrogen and oxygen atoms in total. The Kier molecular flexibility index (Phi) is 6.80. The molecule has 0 atom stereocenters. The lowest BCUT2D eigenvalue weighted by Gasteiger charge is -2.09. The van der Waals surface area contributed by atoms with E-state index in [0.29, 0.717) is 31.9 Å². The Morgan fingerprint density at radius 2 is 2.26 bits per heavy atom. The van der Waals surface area contributed by atoms with E-state index in [4.69, 9.17) is 14.9 Å². The van der Waals surface area contributed by atoms with Gasteiger partial charge in [0.15, 0.2) is 6.29 Å². The van der Waals surface area contributed by atoms with E-state index >= 15 is 0 Å². The standard InChI is InChI=1S/C12H18N2O5/c1-18-11(15)3-4-13-6-7-19-9-2-5-14-10(8-9)12(16)17/h2,5,8,12-13,16-17H,3-4,6-7H2,1H3. The molecule has 0 aliphatic carbocycles. The van der Waals surface area contributed by atoms with Crippen LogP contribution in [0.5, 0.6) is 5.75 Å². The van der Waals surface area contributed by atoms with E-state index in [1.807, 2.05) is 0 Å². The van der Waals surface area contributed by atoms with Crippen LogP contribution in [0.1, 0.15) is 18.4 Å². The lowest BCUT2D eigenvalue weighted by Crippen LogP contribution is -2.24. The molecule has 0 amide bonds. The van der Waals surface area contributed by atoms with E-state index in [1.165, 1.54) is 19.4 Å². The quantitative estimate of drug-likeness (QED) is 0.335. The maximum Gasteiger partial charge on any atom is 0.306 e. The number of pyridine rings is 1. The third-order valence-electron chi connectivity index (χ3n) is 2.30. The van der Waals surface area contributed by atoms with Crippen LogP contribution >= 0.6 is 0 Å². The second-order valence-corrected chi connectivity index (χ2v) is 3.71. The SMILES string of the molecule is COC(=O)CCNCCOc1ccnc(C(O)O)c1. The zero-order valence-corrected chi connectivity index (χ0v) is 10.7. The summed E-state index contributed by atoms with van der Waals surface area (Å²) < 4.78 is 9.89. The number of hydrogen-bond acceptors (Lipinski definition) is 7. The van der Waals surface area contributed by atoms with Crippen molar-refractivity contribution in [3.05, 3.63) is 24.0 Å². The van der Waals surface area contributed by atoms with Crippen LogP contribution in [-0.2, 0) is 9.53 Å². The van der Waals surface area contributed by atoms with Crippen molar-refractivity contribution in [3.8, 4) is 5.75 Å². The summed E-state index contributed by atoms with van der Waals surface area (Å²) in [6.07, 6.45) is 0.142. The average Bonchev–Trinajstić information content (AvgIpc) is 2.42. The van der Waals surface area contributed by atoms with Crippen LogP contribution in [0.25, 0.3) is 0 Å². The number of nitrogens with zero attached hydrogens (tertiary/aromatic N) is 1. The lowest BCUT2D eigenvalue weighted by atomic mass is 10.3. The normalized spacial score (nSPS) is 10.5. The molecular formula is C12H18N2O5. The maximum absolute atomic E-state index is 10.8. The summed E-state index contributed by atoms with van der Waals surface area (Å²) in [5.74, 6) is 0.247. The molecular weight excluding hydrogens is 252 g/mol.